The first-order valence-electron chi connectivity index (χ1n) is 10.4. The number of benzene rings is 1. The minimum absolute atomic E-state index is 0.0114. The first kappa shape index (κ1) is 19.6. The van der Waals surface area contributed by atoms with Crippen LogP contribution in [0.5, 0.6) is 5.75 Å². The van der Waals surface area contributed by atoms with Gasteiger partial charge in [-0.1, -0.05) is 0 Å². The van der Waals surface area contributed by atoms with Crippen LogP contribution in [0, 0.1) is 18.2 Å². The molecule has 3 aliphatic carbocycles. The van der Waals surface area contributed by atoms with E-state index in [4.69, 9.17) is 4.74 Å². The third kappa shape index (κ3) is 3.87. The van der Waals surface area contributed by atoms with Crippen molar-refractivity contribution in [3.8, 4) is 17.0 Å². The van der Waals surface area contributed by atoms with Crippen molar-refractivity contribution in [2.45, 2.75) is 38.1 Å². The molecule has 31 heavy (non-hydrogen) atoms. The lowest BCUT2D eigenvalue weighted by atomic mass is 9.38. The fourth-order valence-corrected chi connectivity index (χ4v) is 5.01. The van der Waals surface area contributed by atoms with Gasteiger partial charge in [0, 0.05) is 29.9 Å². The molecule has 1 aromatic carbocycles. The van der Waals surface area contributed by atoms with E-state index in [1.165, 1.54) is 6.07 Å². The maximum atomic E-state index is 13.3. The second-order valence-corrected chi connectivity index (χ2v) is 8.88. The Hall–Kier alpha value is -3.35. The summed E-state index contributed by atoms with van der Waals surface area (Å²) in [5.74, 6) is 1.07. The highest BCUT2D eigenvalue weighted by molar-refractivity contribution is 5.81. The van der Waals surface area contributed by atoms with Gasteiger partial charge >= 0.3 is 0 Å². The molecule has 6 nitrogen and oxygen atoms in total. The molecular formula is C24H23FN4O2. The molecule has 7 heteroatoms. The first-order valence-corrected chi connectivity index (χ1v) is 10.4. The minimum atomic E-state index is -0.277. The van der Waals surface area contributed by atoms with Crippen molar-refractivity contribution in [1.29, 1.82) is 0 Å². The summed E-state index contributed by atoms with van der Waals surface area (Å²) in [6, 6.07) is 8.36. The molecule has 2 aromatic heterocycles. The van der Waals surface area contributed by atoms with E-state index in [-0.39, 0.29) is 29.2 Å². The molecule has 0 spiro atoms. The summed E-state index contributed by atoms with van der Waals surface area (Å²) in [5.41, 5.74) is 2.29. The fraction of sp³-hybridized carbons (Fsp3) is 0.333. The van der Waals surface area contributed by atoms with E-state index in [9.17, 15) is 9.18 Å². The summed E-state index contributed by atoms with van der Waals surface area (Å²) in [6.45, 7) is 1.70. The van der Waals surface area contributed by atoms with E-state index in [0.717, 1.165) is 36.3 Å². The molecule has 1 N–H and O–H groups in total. The summed E-state index contributed by atoms with van der Waals surface area (Å²) in [5, 5.41) is 3.53. The van der Waals surface area contributed by atoms with Gasteiger partial charge in [0.2, 0.25) is 0 Å². The molecule has 0 saturated heterocycles. The number of ketones is 1. The van der Waals surface area contributed by atoms with Crippen LogP contribution in [-0.4, -0.2) is 32.9 Å². The number of Topliss-reactive ketones (excluding diaryl/α,β-unsaturated/α-hetero) is 1. The number of aromatic nitrogens is 3. The Morgan fingerprint density at radius 2 is 2.00 bits per heavy atom. The third-order valence-corrected chi connectivity index (χ3v) is 6.23. The van der Waals surface area contributed by atoms with Crippen molar-refractivity contribution in [3.63, 3.8) is 0 Å². The molecule has 3 aromatic rings. The zero-order valence-electron chi connectivity index (χ0n) is 17.3. The number of halogens is 1. The van der Waals surface area contributed by atoms with Crippen molar-refractivity contribution in [1.82, 2.24) is 15.0 Å². The molecule has 3 aliphatic rings. The van der Waals surface area contributed by atoms with Crippen molar-refractivity contribution in [2.24, 2.45) is 5.41 Å². The van der Waals surface area contributed by atoms with Crippen LogP contribution in [0.15, 0.2) is 55.1 Å². The van der Waals surface area contributed by atoms with Crippen LogP contribution in [-0.2, 0) is 4.79 Å². The number of pyridine rings is 1. The van der Waals surface area contributed by atoms with Crippen LogP contribution < -0.4 is 10.1 Å². The van der Waals surface area contributed by atoms with Gasteiger partial charge in [-0.05, 0) is 67.5 Å². The van der Waals surface area contributed by atoms with Crippen molar-refractivity contribution >= 4 is 11.6 Å². The second kappa shape index (κ2) is 7.41. The SMILES string of the molecule is Cc1cc(OCC(=O)CC23CC(Nc4cncc(-c5cccnc5)n4)(C2)C3)ccc1F. The minimum Gasteiger partial charge on any atom is -0.486 e. The van der Waals surface area contributed by atoms with E-state index >= 15 is 0 Å². The predicted molar refractivity (Wildman–Crippen MR) is 114 cm³/mol. The maximum absolute atomic E-state index is 13.3. The Kier molecular flexibility index (Phi) is 4.68. The predicted octanol–water partition coefficient (Wildman–Crippen LogP) is 4.36. The molecule has 0 unspecified atom stereocenters. The molecule has 158 valence electrons. The van der Waals surface area contributed by atoms with E-state index in [0.29, 0.717) is 17.7 Å². The molecule has 0 amide bonds. The molecule has 2 heterocycles. The zero-order chi connectivity index (χ0) is 21.5. The molecule has 3 fully saturated rings. The third-order valence-electron chi connectivity index (χ3n) is 6.23. The lowest BCUT2D eigenvalue weighted by Crippen LogP contribution is -2.71. The van der Waals surface area contributed by atoms with Crippen LogP contribution in [0.2, 0.25) is 0 Å². The van der Waals surface area contributed by atoms with Gasteiger partial charge in [0.05, 0.1) is 18.1 Å². The maximum Gasteiger partial charge on any atom is 0.170 e. The van der Waals surface area contributed by atoms with Gasteiger partial charge in [0.1, 0.15) is 24.0 Å². The summed E-state index contributed by atoms with van der Waals surface area (Å²) in [6.07, 6.45) is 10.3. The zero-order valence-corrected chi connectivity index (χ0v) is 17.3. The Labute approximate surface area is 179 Å². The normalized spacial score (nSPS) is 23.4. The summed E-state index contributed by atoms with van der Waals surface area (Å²) in [7, 11) is 0. The summed E-state index contributed by atoms with van der Waals surface area (Å²) >= 11 is 0. The molecular weight excluding hydrogens is 395 g/mol. The Balaban J connectivity index is 1.13. The highest BCUT2D eigenvalue weighted by Gasteiger charge is 2.68. The smallest absolute Gasteiger partial charge is 0.170 e. The number of hydrogen-bond donors (Lipinski definition) is 1. The summed E-state index contributed by atoms with van der Waals surface area (Å²) < 4.78 is 18.9. The van der Waals surface area contributed by atoms with Crippen LogP contribution in [0.1, 0.15) is 31.2 Å². The molecule has 2 bridgehead atoms. The molecule has 0 radical (unpaired) electrons. The quantitative estimate of drug-likeness (QED) is 0.586. The highest BCUT2D eigenvalue weighted by atomic mass is 19.1. The van der Waals surface area contributed by atoms with E-state index in [1.54, 1.807) is 43.8 Å². The van der Waals surface area contributed by atoms with Crippen molar-refractivity contribution < 1.29 is 13.9 Å². The average molecular weight is 418 g/mol. The number of anilines is 1. The number of aryl methyl sites for hydroxylation is 1. The Bertz CT molecular complexity index is 1120. The van der Waals surface area contributed by atoms with Gasteiger partial charge in [-0.15, -0.1) is 0 Å². The number of nitrogens with one attached hydrogen (secondary N) is 1. The van der Waals surface area contributed by atoms with Crippen molar-refractivity contribution in [3.05, 3.63) is 66.5 Å². The number of nitrogens with zero attached hydrogens (tertiary/aromatic N) is 3. The van der Waals surface area contributed by atoms with Crippen molar-refractivity contribution in [2.75, 3.05) is 11.9 Å². The molecule has 0 atom stereocenters. The Morgan fingerprint density at radius 1 is 1.16 bits per heavy atom. The number of carbonyl (C=O) groups is 1. The van der Waals surface area contributed by atoms with E-state index in [1.807, 2.05) is 12.1 Å². The van der Waals surface area contributed by atoms with Crippen LogP contribution in [0.3, 0.4) is 0 Å². The first-order chi connectivity index (χ1) is 14.9. The number of hydrogen-bond acceptors (Lipinski definition) is 6. The monoisotopic (exact) mass is 418 g/mol. The molecule has 6 rings (SSSR count). The standard InChI is InChI=1S/C24H23FN4O2/c1-16-7-19(4-5-20(16)25)31-12-18(30)8-23-13-24(14-23,15-23)29-22-11-27-10-21(28-22)17-3-2-6-26-9-17/h2-7,9-11H,8,12-15H2,1H3,(H,28,29). The second-order valence-electron chi connectivity index (χ2n) is 8.88. The molecule has 3 saturated carbocycles. The largest absolute Gasteiger partial charge is 0.486 e. The molecule has 0 aliphatic heterocycles. The van der Waals surface area contributed by atoms with Gasteiger partial charge in [-0.2, -0.15) is 0 Å². The van der Waals surface area contributed by atoms with Gasteiger partial charge in [0.15, 0.2) is 5.78 Å². The van der Waals surface area contributed by atoms with Crippen LogP contribution >= 0.6 is 0 Å². The topological polar surface area (TPSA) is 77.0 Å². The van der Waals surface area contributed by atoms with E-state index < -0.39 is 0 Å². The van der Waals surface area contributed by atoms with Gasteiger partial charge < -0.3 is 10.1 Å². The number of rotatable bonds is 8. The van der Waals surface area contributed by atoms with Crippen LogP contribution in [0.4, 0.5) is 10.2 Å². The van der Waals surface area contributed by atoms with E-state index in [2.05, 4.69) is 20.3 Å². The average Bonchev–Trinajstić information content (AvgIpc) is 2.73. The Morgan fingerprint density at radius 3 is 2.74 bits per heavy atom. The summed E-state index contributed by atoms with van der Waals surface area (Å²) in [4.78, 5) is 25.5. The van der Waals surface area contributed by atoms with Crippen LogP contribution in [0.25, 0.3) is 11.3 Å². The number of ether oxygens (including phenoxy) is 1. The fourth-order valence-electron chi connectivity index (χ4n) is 5.01. The van der Waals surface area contributed by atoms with Gasteiger partial charge in [-0.3, -0.25) is 14.8 Å². The van der Waals surface area contributed by atoms with Gasteiger partial charge in [0.25, 0.3) is 0 Å². The lowest BCUT2D eigenvalue weighted by molar-refractivity contribution is -0.147. The highest BCUT2D eigenvalue weighted by Crippen LogP contribution is 2.70. The van der Waals surface area contributed by atoms with Gasteiger partial charge in [-0.25, -0.2) is 9.37 Å². The number of carbonyl (C=O) groups excluding carboxylic acids is 1. The lowest BCUT2D eigenvalue weighted by Gasteiger charge is -2.70.